The molecule has 1 fully saturated rings. The summed E-state index contributed by atoms with van der Waals surface area (Å²) in [6, 6.07) is 8.23. The molecule has 1 aromatic carbocycles. The summed E-state index contributed by atoms with van der Waals surface area (Å²) in [5.41, 5.74) is 3.16. The van der Waals surface area contributed by atoms with Gasteiger partial charge in [-0.3, -0.25) is 4.98 Å². The number of nitrogens with two attached hydrogens (primary N) is 1. The molecule has 0 radical (unpaired) electrons. The third kappa shape index (κ3) is 3.52. The van der Waals surface area contributed by atoms with E-state index in [2.05, 4.69) is 23.2 Å². The van der Waals surface area contributed by atoms with E-state index in [1.165, 1.54) is 5.56 Å². The zero-order valence-electron chi connectivity index (χ0n) is 13.1. The molecule has 1 aromatic heterocycles. The molecule has 4 nitrogen and oxygen atoms in total. The van der Waals surface area contributed by atoms with Crippen LogP contribution in [0.15, 0.2) is 24.3 Å². The lowest BCUT2D eigenvalue weighted by Gasteiger charge is -2.22. The fourth-order valence-electron chi connectivity index (χ4n) is 2.72. The topological polar surface area (TPSA) is 57.4 Å². The normalized spacial score (nSPS) is 15.4. The molecule has 2 aromatic rings. The molecule has 0 saturated carbocycles. The first-order valence-electron chi connectivity index (χ1n) is 7.63. The van der Waals surface area contributed by atoms with Gasteiger partial charge in [-0.1, -0.05) is 19.9 Å². The second kappa shape index (κ2) is 7.38. The van der Waals surface area contributed by atoms with Crippen molar-refractivity contribution in [3.05, 3.63) is 35.5 Å². The summed E-state index contributed by atoms with van der Waals surface area (Å²) in [5.74, 6) is 6.62. The van der Waals surface area contributed by atoms with E-state index in [9.17, 15) is 0 Å². The van der Waals surface area contributed by atoms with Gasteiger partial charge < -0.3 is 9.57 Å². The van der Waals surface area contributed by atoms with Crippen LogP contribution >= 0.6 is 0 Å². The lowest BCUT2D eigenvalue weighted by atomic mass is 9.91. The van der Waals surface area contributed by atoms with Gasteiger partial charge in [-0.25, -0.2) is 0 Å². The Morgan fingerprint density at radius 3 is 2.57 bits per heavy atom. The molecule has 0 aliphatic carbocycles. The fourth-order valence-corrected chi connectivity index (χ4v) is 2.72. The summed E-state index contributed by atoms with van der Waals surface area (Å²) in [5, 5.41) is 0.983. The van der Waals surface area contributed by atoms with E-state index in [1.807, 2.05) is 26.8 Å². The Morgan fingerprint density at radius 1 is 1.19 bits per heavy atom. The summed E-state index contributed by atoms with van der Waals surface area (Å²) in [6.07, 6.45) is 2.15. The van der Waals surface area contributed by atoms with E-state index < -0.39 is 0 Å². The van der Waals surface area contributed by atoms with E-state index in [0.29, 0.717) is 11.7 Å². The molecule has 3 rings (SSSR count). The van der Waals surface area contributed by atoms with Crippen LogP contribution in [0.2, 0.25) is 0 Å². The number of rotatable bonds is 2. The second-order valence-electron chi connectivity index (χ2n) is 5.04. The molecule has 2 heterocycles. The molecule has 0 unspecified atom stereocenters. The average molecular weight is 288 g/mol. The Bertz CT molecular complexity index is 593. The summed E-state index contributed by atoms with van der Waals surface area (Å²) in [7, 11) is 0. The number of hydrogen-bond acceptors (Lipinski definition) is 4. The van der Waals surface area contributed by atoms with Gasteiger partial charge in [-0.05, 0) is 43.4 Å². The number of fused-ring (bicyclic) bond motifs is 1. The molecule has 2 N–H and O–H groups in total. The van der Waals surface area contributed by atoms with Gasteiger partial charge in [-0.2, -0.15) is 5.90 Å². The fraction of sp³-hybridized carbons (Fsp3) is 0.471. The zero-order valence-corrected chi connectivity index (χ0v) is 13.1. The first-order chi connectivity index (χ1) is 10.3. The minimum absolute atomic E-state index is 0.560. The maximum atomic E-state index is 5.41. The van der Waals surface area contributed by atoms with Crippen molar-refractivity contribution in [3.8, 4) is 5.75 Å². The van der Waals surface area contributed by atoms with Crippen LogP contribution in [0.25, 0.3) is 10.9 Å². The Hall–Kier alpha value is -1.65. The number of pyridine rings is 1. The SMILES string of the molecule is CC.Cc1cc(ON)c2cc(C3CCOCC3)ccc2n1. The van der Waals surface area contributed by atoms with Crippen LogP contribution in [-0.2, 0) is 4.74 Å². The number of nitrogens with zero attached hydrogens (tertiary/aromatic N) is 1. The quantitative estimate of drug-likeness (QED) is 0.856. The Balaban J connectivity index is 0.000000774. The lowest BCUT2D eigenvalue weighted by Crippen LogP contribution is -2.14. The predicted octanol–water partition coefficient (Wildman–Crippen LogP) is 3.72. The van der Waals surface area contributed by atoms with Crippen LogP contribution in [0.4, 0.5) is 0 Å². The molecule has 4 heteroatoms. The van der Waals surface area contributed by atoms with Crippen LogP contribution in [-0.4, -0.2) is 18.2 Å². The summed E-state index contributed by atoms with van der Waals surface area (Å²) in [6.45, 7) is 7.62. The van der Waals surface area contributed by atoms with Gasteiger partial charge in [0.15, 0.2) is 5.75 Å². The summed E-state index contributed by atoms with van der Waals surface area (Å²) in [4.78, 5) is 9.50. The van der Waals surface area contributed by atoms with Crippen LogP contribution in [0.1, 0.15) is 43.9 Å². The van der Waals surface area contributed by atoms with Crippen molar-refractivity contribution in [1.29, 1.82) is 0 Å². The van der Waals surface area contributed by atoms with Crippen molar-refractivity contribution in [1.82, 2.24) is 4.98 Å². The number of hydrogen-bond donors (Lipinski definition) is 1. The minimum Gasteiger partial charge on any atom is -0.411 e. The molecule has 1 saturated heterocycles. The van der Waals surface area contributed by atoms with Crippen molar-refractivity contribution in [2.45, 2.75) is 39.5 Å². The smallest absolute Gasteiger partial charge is 0.158 e. The van der Waals surface area contributed by atoms with Crippen LogP contribution in [0.5, 0.6) is 5.75 Å². The molecule has 0 spiro atoms. The third-order valence-corrected chi connectivity index (χ3v) is 3.74. The van der Waals surface area contributed by atoms with Crippen molar-refractivity contribution in [2.75, 3.05) is 13.2 Å². The molecule has 21 heavy (non-hydrogen) atoms. The van der Waals surface area contributed by atoms with Crippen molar-refractivity contribution < 1.29 is 9.57 Å². The first kappa shape index (κ1) is 15.7. The van der Waals surface area contributed by atoms with E-state index >= 15 is 0 Å². The molecule has 114 valence electrons. The average Bonchev–Trinajstić information content (AvgIpc) is 2.56. The molecular formula is C17H24N2O2. The number of aryl methyl sites for hydroxylation is 1. The Morgan fingerprint density at radius 2 is 1.90 bits per heavy atom. The van der Waals surface area contributed by atoms with E-state index in [-0.39, 0.29) is 0 Å². The zero-order chi connectivity index (χ0) is 15.2. The van der Waals surface area contributed by atoms with E-state index in [0.717, 1.165) is 42.7 Å². The van der Waals surface area contributed by atoms with Gasteiger partial charge in [0, 0.05) is 30.4 Å². The van der Waals surface area contributed by atoms with Crippen molar-refractivity contribution in [2.24, 2.45) is 5.90 Å². The molecular weight excluding hydrogens is 264 g/mol. The monoisotopic (exact) mass is 288 g/mol. The highest BCUT2D eigenvalue weighted by molar-refractivity contribution is 5.86. The van der Waals surface area contributed by atoms with Crippen molar-refractivity contribution >= 4 is 10.9 Å². The standard InChI is InChI=1S/C15H18N2O2.C2H6/c1-10-8-15(19-16)13-9-12(2-3-14(13)17-10)11-4-6-18-7-5-11;1-2/h2-3,8-9,11H,4-7,16H2,1H3;1-2H3. The summed E-state index contributed by atoms with van der Waals surface area (Å²) >= 11 is 0. The van der Waals surface area contributed by atoms with Crippen LogP contribution in [0, 0.1) is 6.92 Å². The van der Waals surface area contributed by atoms with Gasteiger partial charge in [0.1, 0.15) is 0 Å². The predicted molar refractivity (Wildman–Crippen MR) is 85.4 cm³/mol. The molecule has 1 aliphatic heterocycles. The third-order valence-electron chi connectivity index (χ3n) is 3.74. The van der Waals surface area contributed by atoms with Crippen LogP contribution in [0.3, 0.4) is 0 Å². The summed E-state index contributed by atoms with van der Waals surface area (Å²) < 4.78 is 5.41. The minimum atomic E-state index is 0.560. The first-order valence-corrected chi connectivity index (χ1v) is 7.63. The van der Waals surface area contributed by atoms with Gasteiger partial charge in [0.05, 0.1) is 5.52 Å². The highest BCUT2D eigenvalue weighted by atomic mass is 16.6. The van der Waals surface area contributed by atoms with Gasteiger partial charge in [0.25, 0.3) is 0 Å². The Kier molecular flexibility index (Phi) is 5.53. The highest BCUT2D eigenvalue weighted by Crippen LogP contribution is 2.32. The van der Waals surface area contributed by atoms with E-state index in [1.54, 1.807) is 0 Å². The second-order valence-corrected chi connectivity index (χ2v) is 5.04. The van der Waals surface area contributed by atoms with Gasteiger partial charge in [0.2, 0.25) is 0 Å². The molecule has 1 aliphatic rings. The van der Waals surface area contributed by atoms with E-state index in [4.69, 9.17) is 15.5 Å². The lowest BCUT2D eigenvalue weighted by molar-refractivity contribution is 0.0853. The Labute approximate surface area is 126 Å². The molecule has 0 amide bonds. The van der Waals surface area contributed by atoms with Gasteiger partial charge in [-0.15, -0.1) is 0 Å². The maximum absolute atomic E-state index is 5.41. The number of ether oxygens (including phenoxy) is 1. The van der Waals surface area contributed by atoms with Crippen molar-refractivity contribution in [3.63, 3.8) is 0 Å². The maximum Gasteiger partial charge on any atom is 0.158 e. The molecule has 0 bridgehead atoms. The molecule has 0 atom stereocenters. The number of aromatic nitrogens is 1. The van der Waals surface area contributed by atoms with Gasteiger partial charge >= 0.3 is 0 Å². The number of benzene rings is 1. The highest BCUT2D eigenvalue weighted by Gasteiger charge is 2.17. The largest absolute Gasteiger partial charge is 0.411 e. The van der Waals surface area contributed by atoms with Crippen LogP contribution < -0.4 is 10.7 Å².